The third-order valence-corrected chi connectivity index (χ3v) is 5.61. The number of amides is 1. The van der Waals surface area contributed by atoms with Crippen LogP contribution < -0.4 is 40.0 Å². The summed E-state index contributed by atoms with van der Waals surface area (Å²) in [6, 6.07) is -0.351. The maximum Gasteiger partial charge on any atom is 1.00 e. The minimum atomic E-state index is -1.39. The largest absolute Gasteiger partial charge is 1.00 e. The standard InChI is InChI=1S/C15H20N2O4S2.Na/c1-4-5-6-16-15(22)23-12-7(2)10-9(8(3)18)13(19)17(10)11(12)14(20)21;/h4-5,7-10,18H,6H2,1-3H3,(H,16,22)(H,20,21);/q;+1/p-1/t7-,8-,9-,10-;/m1./s1. The Hall–Kier alpha value is -0.380. The van der Waals surface area contributed by atoms with E-state index in [-0.39, 0.29) is 53.1 Å². The van der Waals surface area contributed by atoms with Crippen molar-refractivity contribution in [1.29, 1.82) is 0 Å². The Morgan fingerprint density at radius 2 is 2.21 bits per heavy atom. The van der Waals surface area contributed by atoms with Gasteiger partial charge in [0, 0.05) is 17.4 Å². The molecule has 0 aromatic carbocycles. The summed E-state index contributed by atoms with van der Waals surface area (Å²) in [4.78, 5) is 25.4. The van der Waals surface area contributed by atoms with Crippen LogP contribution in [0.25, 0.3) is 0 Å². The fourth-order valence-corrected chi connectivity index (χ4v) is 4.35. The van der Waals surface area contributed by atoms with Crippen LogP contribution in [-0.4, -0.2) is 44.9 Å². The number of aliphatic carboxylic acids is 1. The Balaban J connectivity index is 0.00000288. The number of nitrogens with zero attached hydrogens (tertiary/aromatic N) is 1. The second-order valence-electron chi connectivity index (χ2n) is 5.59. The first-order chi connectivity index (χ1) is 10.8. The van der Waals surface area contributed by atoms with E-state index in [4.69, 9.17) is 12.2 Å². The van der Waals surface area contributed by atoms with Crippen LogP contribution >= 0.6 is 24.0 Å². The van der Waals surface area contributed by atoms with Gasteiger partial charge in [0.2, 0.25) is 5.91 Å². The maximum atomic E-state index is 12.2. The summed E-state index contributed by atoms with van der Waals surface area (Å²) in [7, 11) is 0. The molecule has 0 radical (unpaired) electrons. The Bertz CT molecular complexity index is 606. The van der Waals surface area contributed by atoms with Crippen molar-refractivity contribution in [3.8, 4) is 0 Å². The van der Waals surface area contributed by atoms with Crippen molar-refractivity contribution in [2.75, 3.05) is 6.54 Å². The van der Waals surface area contributed by atoms with E-state index in [1.54, 1.807) is 6.92 Å². The van der Waals surface area contributed by atoms with Gasteiger partial charge in [0.15, 0.2) is 0 Å². The zero-order valence-corrected chi connectivity index (χ0v) is 17.7. The fraction of sp³-hybridized carbons (Fsp3) is 0.533. The number of allylic oxidation sites excluding steroid dienone is 1. The van der Waals surface area contributed by atoms with Crippen LogP contribution in [0.2, 0.25) is 0 Å². The zero-order valence-electron chi connectivity index (χ0n) is 14.1. The van der Waals surface area contributed by atoms with Crippen molar-refractivity contribution in [3.05, 3.63) is 22.8 Å². The molecular formula is C15H19N2NaO4S2. The molecule has 126 valence electrons. The summed E-state index contributed by atoms with van der Waals surface area (Å²) in [6.45, 7) is 5.82. The van der Waals surface area contributed by atoms with Crippen LogP contribution in [0.5, 0.6) is 0 Å². The van der Waals surface area contributed by atoms with Gasteiger partial charge in [0.1, 0.15) is 4.32 Å². The molecule has 1 saturated heterocycles. The minimum Gasteiger partial charge on any atom is -0.543 e. The Morgan fingerprint density at radius 1 is 1.58 bits per heavy atom. The molecular weight excluding hydrogens is 359 g/mol. The average Bonchev–Trinajstić information content (AvgIpc) is 2.69. The maximum absolute atomic E-state index is 12.2. The first kappa shape index (κ1) is 21.7. The molecule has 2 aliphatic rings. The van der Waals surface area contributed by atoms with Gasteiger partial charge in [-0.25, -0.2) is 0 Å². The summed E-state index contributed by atoms with van der Waals surface area (Å²) in [5.74, 6) is -2.57. The molecule has 0 aromatic heterocycles. The Labute approximate surface area is 173 Å². The summed E-state index contributed by atoms with van der Waals surface area (Å²) in [5, 5.41) is 24.3. The van der Waals surface area contributed by atoms with Crippen LogP contribution in [0.4, 0.5) is 0 Å². The molecule has 4 atom stereocenters. The predicted octanol–water partition coefficient (Wildman–Crippen LogP) is -3.01. The number of rotatable bonds is 5. The van der Waals surface area contributed by atoms with E-state index >= 15 is 0 Å². The van der Waals surface area contributed by atoms with Gasteiger partial charge >= 0.3 is 29.6 Å². The van der Waals surface area contributed by atoms with E-state index in [0.717, 1.165) is 11.8 Å². The van der Waals surface area contributed by atoms with Crippen molar-refractivity contribution in [2.24, 2.45) is 11.8 Å². The molecule has 0 aromatic rings. The molecule has 6 nitrogen and oxygen atoms in total. The van der Waals surface area contributed by atoms with Crippen LogP contribution in [-0.2, 0) is 9.59 Å². The smallest absolute Gasteiger partial charge is 0.543 e. The van der Waals surface area contributed by atoms with Crippen molar-refractivity contribution < 1.29 is 49.4 Å². The van der Waals surface area contributed by atoms with Crippen LogP contribution in [0.1, 0.15) is 20.8 Å². The van der Waals surface area contributed by atoms with Gasteiger partial charge in [-0.05, 0) is 13.8 Å². The van der Waals surface area contributed by atoms with Crippen molar-refractivity contribution >= 4 is 40.2 Å². The van der Waals surface area contributed by atoms with E-state index in [9.17, 15) is 19.8 Å². The predicted molar refractivity (Wildman–Crippen MR) is 90.0 cm³/mol. The summed E-state index contributed by atoms with van der Waals surface area (Å²) >= 11 is 6.36. The number of aliphatic hydroxyl groups excluding tert-OH is 1. The number of thioether (sulfide) groups is 1. The van der Waals surface area contributed by atoms with Gasteiger partial charge in [0.25, 0.3) is 0 Å². The SMILES string of the molecule is CC=CCNC(=S)SC1=C(C(=O)[O-])N2C(=O)[C@H]([C@@H](C)O)[C@H]2[C@H]1C.[Na+]. The number of carbonyl (C=O) groups is 2. The summed E-state index contributed by atoms with van der Waals surface area (Å²) < 4.78 is 0.437. The number of β-lactam (4-membered cyclic amide) rings is 1. The first-order valence-corrected chi connectivity index (χ1v) is 8.57. The first-order valence-electron chi connectivity index (χ1n) is 7.34. The molecule has 0 bridgehead atoms. The van der Waals surface area contributed by atoms with Crippen molar-refractivity contribution in [3.63, 3.8) is 0 Å². The topological polar surface area (TPSA) is 92.7 Å². The number of thiocarbonyl (C=S) groups is 1. The Kier molecular flexibility index (Phi) is 7.96. The van der Waals surface area contributed by atoms with Crippen molar-refractivity contribution in [2.45, 2.75) is 32.9 Å². The van der Waals surface area contributed by atoms with E-state index in [1.807, 2.05) is 26.0 Å². The number of carboxylic acids is 1. The quantitative estimate of drug-likeness (QED) is 0.228. The normalized spacial score (nSPS) is 26.8. The number of nitrogens with one attached hydrogen (secondary N) is 1. The van der Waals surface area contributed by atoms with Gasteiger partial charge < -0.3 is 25.2 Å². The number of hydrogen-bond donors (Lipinski definition) is 2. The van der Waals surface area contributed by atoms with Crippen LogP contribution in [0.15, 0.2) is 22.8 Å². The van der Waals surface area contributed by atoms with Crippen molar-refractivity contribution in [1.82, 2.24) is 10.2 Å². The number of aliphatic hydroxyl groups is 1. The molecule has 24 heavy (non-hydrogen) atoms. The average molecular weight is 378 g/mol. The zero-order chi connectivity index (χ0) is 17.3. The third kappa shape index (κ3) is 3.89. The van der Waals surface area contributed by atoms with Gasteiger partial charge in [-0.3, -0.25) is 4.79 Å². The molecule has 2 rings (SSSR count). The summed E-state index contributed by atoms with van der Waals surface area (Å²) in [6.07, 6.45) is 2.94. The van der Waals surface area contributed by atoms with Gasteiger partial charge in [-0.1, -0.05) is 43.1 Å². The fourth-order valence-electron chi connectivity index (χ4n) is 3.04. The molecule has 2 aliphatic heterocycles. The molecule has 0 aliphatic carbocycles. The molecule has 0 saturated carbocycles. The van der Waals surface area contributed by atoms with E-state index in [0.29, 0.717) is 15.8 Å². The number of carbonyl (C=O) groups excluding carboxylic acids is 2. The van der Waals surface area contributed by atoms with E-state index in [2.05, 4.69) is 5.32 Å². The molecule has 1 amide bonds. The monoisotopic (exact) mass is 378 g/mol. The molecule has 2 heterocycles. The van der Waals surface area contributed by atoms with E-state index in [1.165, 1.54) is 4.90 Å². The minimum absolute atomic E-state index is 0. The molecule has 1 fully saturated rings. The van der Waals surface area contributed by atoms with Gasteiger partial charge in [-0.2, -0.15) is 0 Å². The molecule has 9 heteroatoms. The molecule has 2 N–H and O–H groups in total. The van der Waals surface area contributed by atoms with Gasteiger partial charge in [0.05, 0.1) is 29.7 Å². The third-order valence-electron chi connectivity index (χ3n) is 4.10. The number of carboxylic acid groups (broad SMARTS) is 1. The molecule has 0 unspecified atom stereocenters. The van der Waals surface area contributed by atoms with E-state index < -0.39 is 18.0 Å². The second-order valence-corrected chi connectivity index (χ2v) is 7.31. The number of fused-ring (bicyclic) bond motifs is 1. The Morgan fingerprint density at radius 3 is 2.71 bits per heavy atom. The molecule has 0 spiro atoms. The second kappa shape index (κ2) is 8.82. The summed E-state index contributed by atoms with van der Waals surface area (Å²) in [5.41, 5.74) is -0.121. The van der Waals surface area contributed by atoms with Crippen LogP contribution in [0.3, 0.4) is 0 Å². The van der Waals surface area contributed by atoms with Gasteiger partial charge in [-0.15, -0.1) is 0 Å². The van der Waals surface area contributed by atoms with Crippen LogP contribution in [0, 0.1) is 11.8 Å². The number of hydrogen-bond acceptors (Lipinski definition) is 6.